The van der Waals surface area contributed by atoms with Gasteiger partial charge in [-0.25, -0.2) is 0 Å². The van der Waals surface area contributed by atoms with Crippen LogP contribution < -0.4 is 5.32 Å². The lowest BCUT2D eigenvalue weighted by molar-refractivity contribution is -0.143. The van der Waals surface area contributed by atoms with Gasteiger partial charge in [-0.05, 0) is 26.7 Å². The second kappa shape index (κ2) is 3.89. The topological polar surface area (TPSA) is 32.3 Å². The summed E-state index contributed by atoms with van der Waals surface area (Å²) in [6.45, 7) is 12.1. The van der Waals surface area contributed by atoms with Crippen LogP contribution in [0.25, 0.3) is 0 Å². The van der Waals surface area contributed by atoms with E-state index in [2.05, 4.69) is 39.9 Å². The van der Waals surface area contributed by atoms with Gasteiger partial charge in [0.25, 0.3) is 0 Å². The highest BCUT2D eigenvalue weighted by Crippen LogP contribution is 2.27. The number of piperazine rings is 1. The Labute approximate surface area is 86.9 Å². The lowest BCUT2D eigenvalue weighted by Gasteiger charge is -2.47. The van der Waals surface area contributed by atoms with Gasteiger partial charge in [-0.15, -0.1) is 0 Å². The van der Waals surface area contributed by atoms with Gasteiger partial charge in [-0.2, -0.15) is 0 Å². The van der Waals surface area contributed by atoms with Crippen molar-refractivity contribution in [1.82, 2.24) is 10.2 Å². The first-order valence-corrected chi connectivity index (χ1v) is 5.40. The van der Waals surface area contributed by atoms with Crippen LogP contribution in [0.4, 0.5) is 0 Å². The zero-order valence-corrected chi connectivity index (χ0v) is 9.92. The minimum atomic E-state index is -0.0431. The predicted octanol–water partition coefficient (Wildman–Crippen LogP) is 1.24. The maximum atomic E-state index is 11.8. The molecule has 0 aromatic carbocycles. The van der Waals surface area contributed by atoms with Crippen molar-refractivity contribution in [2.75, 3.05) is 13.1 Å². The van der Waals surface area contributed by atoms with Crippen molar-refractivity contribution >= 4 is 5.91 Å². The summed E-state index contributed by atoms with van der Waals surface area (Å²) < 4.78 is 0. The van der Waals surface area contributed by atoms with E-state index >= 15 is 0 Å². The molecule has 1 saturated heterocycles. The summed E-state index contributed by atoms with van der Waals surface area (Å²) in [6, 6.07) is 0.300. The Morgan fingerprint density at radius 1 is 1.50 bits per heavy atom. The van der Waals surface area contributed by atoms with Crippen LogP contribution in [0.15, 0.2) is 0 Å². The molecule has 1 rings (SSSR count). The van der Waals surface area contributed by atoms with E-state index in [1.165, 1.54) is 0 Å². The van der Waals surface area contributed by atoms with Crippen LogP contribution in [0.3, 0.4) is 0 Å². The molecule has 0 aliphatic carbocycles. The van der Waals surface area contributed by atoms with Crippen LogP contribution in [-0.4, -0.2) is 35.5 Å². The fraction of sp³-hybridized carbons (Fsp3) is 0.909. The molecule has 1 fully saturated rings. The zero-order chi connectivity index (χ0) is 10.9. The normalized spacial score (nSPS) is 24.6. The van der Waals surface area contributed by atoms with Gasteiger partial charge < -0.3 is 10.2 Å². The van der Waals surface area contributed by atoms with Crippen molar-refractivity contribution in [3.63, 3.8) is 0 Å². The Hall–Kier alpha value is -0.570. The van der Waals surface area contributed by atoms with Crippen LogP contribution >= 0.6 is 0 Å². The summed E-state index contributed by atoms with van der Waals surface area (Å²) in [5, 5.41) is 3.13. The lowest BCUT2D eigenvalue weighted by Crippen LogP contribution is -2.62. The van der Waals surface area contributed by atoms with Gasteiger partial charge in [0.1, 0.15) is 0 Å². The Morgan fingerprint density at radius 3 is 2.50 bits per heavy atom. The summed E-state index contributed by atoms with van der Waals surface area (Å²) in [5.74, 6) is 0.703. The number of hydrogen-bond acceptors (Lipinski definition) is 2. The molecular weight excluding hydrogens is 176 g/mol. The van der Waals surface area contributed by atoms with Gasteiger partial charge in [0, 0.05) is 18.1 Å². The minimum absolute atomic E-state index is 0.0431. The molecule has 3 nitrogen and oxygen atoms in total. The van der Waals surface area contributed by atoms with Gasteiger partial charge >= 0.3 is 0 Å². The molecule has 3 heteroatoms. The molecule has 82 valence electrons. The van der Waals surface area contributed by atoms with Gasteiger partial charge in [0.2, 0.25) is 5.91 Å². The molecule has 0 saturated carbocycles. The maximum absolute atomic E-state index is 11.8. The van der Waals surface area contributed by atoms with E-state index < -0.39 is 0 Å². The molecule has 1 amide bonds. The summed E-state index contributed by atoms with van der Waals surface area (Å²) in [4.78, 5) is 13.9. The first kappa shape index (κ1) is 11.5. The van der Waals surface area contributed by atoms with Crippen molar-refractivity contribution in [2.45, 2.75) is 46.2 Å². The van der Waals surface area contributed by atoms with E-state index in [1.807, 2.05) is 4.90 Å². The van der Waals surface area contributed by atoms with Crippen LogP contribution in [0.5, 0.6) is 0 Å². The van der Waals surface area contributed by atoms with Crippen molar-refractivity contribution in [3.05, 3.63) is 0 Å². The van der Waals surface area contributed by atoms with E-state index in [-0.39, 0.29) is 11.4 Å². The smallest absolute Gasteiger partial charge is 0.237 e. The number of rotatable bonds is 2. The number of carbonyl (C=O) groups is 1. The van der Waals surface area contributed by atoms with Crippen LogP contribution in [-0.2, 0) is 4.79 Å². The molecule has 14 heavy (non-hydrogen) atoms. The Kier molecular flexibility index (Phi) is 3.20. The second-order valence-electron chi connectivity index (χ2n) is 5.05. The van der Waals surface area contributed by atoms with E-state index in [9.17, 15) is 4.79 Å². The molecule has 0 bridgehead atoms. The highest BCUT2D eigenvalue weighted by atomic mass is 16.2. The van der Waals surface area contributed by atoms with Crippen LogP contribution in [0.1, 0.15) is 34.6 Å². The molecule has 1 aliphatic heterocycles. The van der Waals surface area contributed by atoms with Crippen LogP contribution in [0, 0.1) is 5.92 Å². The molecule has 1 aliphatic rings. The third-order valence-electron chi connectivity index (χ3n) is 3.46. The SMILES string of the molecule is CC1CNCC(=O)N1C(C)(C)C(C)C. The third-order valence-corrected chi connectivity index (χ3v) is 3.46. The monoisotopic (exact) mass is 198 g/mol. The molecule has 0 spiro atoms. The van der Waals surface area contributed by atoms with E-state index in [0.717, 1.165) is 6.54 Å². The van der Waals surface area contributed by atoms with Crippen LogP contribution in [0.2, 0.25) is 0 Å². The predicted molar refractivity (Wildman–Crippen MR) is 58.1 cm³/mol. The summed E-state index contributed by atoms with van der Waals surface area (Å²) in [7, 11) is 0. The number of nitrogens with one attached hydrogen (secondary N) is 1. The zero-order valence-electron chi connectivity index (χ0n) is 9.92. The quantitative estimate of drug-likeness (QED) is 0.724. The fourth-order valence-electron chi connectivity index (χ4n) is 1.98. The molecule has 0 aromatic rings. The molecular formula is C11H22N2O. The Morgan fingerprint density at radius 2 is 2.07 bits per heavy atom. The Bertz CT molecular complexity index is 223. The standard InChI is InChI=1S/C11H22N2O/c1-8(2)11(4,5)13-9(3)6-12-7-10(13)14/h8-9,12H,6-7H2,1-5H3. The first-order chi connectivity index (χ1) is 6.37. The van der Waals surface area contributed by atoms with Crippen molar-refractivity contribution in [2.24, 2.45) is 5.92 Å². The third kappa shape index (κ3) is 1.92. The number of amides is 1. The van der Waals surface area contributed by atoms with Gasteiger partial charge in [0.15, 0.2) is 0 Å². The molecule has 1 heterocycles. The molecule has 1 N–H and O–H groups in total. The average Bonchev–Trinajstić information content (AvgIpc) is 2.02. The fourth-order valence-corrected chi connectivity index (χ4v) is 1.98. The van der Waals surface area contributed by atoms with E-state index in [4.69, 9.17) is 0 Å². The first-order valence-electron chi connectivity index (χ1n) is 5.40. The number of nitrogens with zero attached hydrogens (tertiary/aromatic N) is 1. The Balaban J connectivity index is 2.87. The van der Waals surface area contributed by atoms with Gasteiger partial charge in [-0.3, -0.25) is 4.79 Å². The van der Waals surface area contributed by atoms with Crippen molar-refractivity contribution < 1.29 is 4.79 Å². The average molecular weight is 198 g/mol. The molecule has 1 unspecified atom stereocenters. The molecule has 1 atom stereocenters. The second-order valence-corrected chi connectivity index (χ2v) is 5.05. The molecule has 0 radical (unpaired) electrons. The minimum Gasteiger partial charge on any atom is -0.332 e. The maximum Gasteiger partial charge on any atom is 0.237 e. The lowest BCUT2D eigenvalue weighted by atomic mass is 9.86. The largest absolute Gasteiger partial charge is 0.332 e. The van der Waals surface area contributed by atoms with Crippen molar-refractivity contribution in [3.8, 4) is 0 Å². The summed E-state index contributed by atoms with van der Waals surface area (Å²) in [5.41, 5.74) is -0.0431. The van der Waals surface area contributed by atoms with E-state index in [0.29, 0.717) is 18.5 Å². The summed E-state index contributed by atoms with van der Waals surface area (Å²) >= 11 is 0. The van der Waals surface area contributed by atoms with Crippen molar-refractivity contribution in [1.29, 1.82) is 0 Å². The highest BCUT2D eigenvalue weighted by Gasteiger charge is 2.38. The highest BCUT2D eigenvalue weighted by molar-refractivity contribution is 5.80. The summed E-state index contributed by atoms with van der Waals surface area (Å²) in [6.07, 6.45) is 0. The van der Waals surface area contributed by atoms with E-state index in [1.54, 1.807) is 0 Å². The number of hydrogen-bond donors (Lipinski definition) is 1. The number of carbonyl (C=O) groups excluding carboxylic acids is 1. The van der Waals surface area contributed by atoms with Gasteiger partial charge in [0.05, 0.1) is 6.54 Å². The van der Waals surface area contributed by atoms with Gasteiger partial charge in [-0.1, -0.05) is 13.8 Å². The molecule has 0 aromatic heterocycles.